The lowest BCUT2D eigenvalue weighted by atomic mass is 10.2. The summed E-state index contributed by atoms with van der Waals surface area (Å²) in [5, 5.41) is 13.9. The Hall–Kier alpha value is -2.91. The first-order chi connectivity index (χ1) is 13.7. The van der Waals surface area contributed by atoms with Crippen LogP contribution in [-0.4, -0.2) is 34.4 Å². The van der Waals surface area contributed by atoms with Crippen LogP contribution in [0.25, 0.3) is 0 Å². The van der Waals surface area contributed by atoms with Gasteiger partial charge in [0.2, 0.25) is 11.0 Å². The Morgan fingerprint density at radius 3 is 2.57 bits per heavy atom. The molecule has 2 amide bonds. The second-order valence-corrected chi connectivity index (χ2v) is 7.66. The number of nitrogens with zero attached hydrogens (tertiary/aromatic N) is 2. The second kappa shape index (κ2) is 9.86. The van der Waals surface area contributed by atoms with E-state index in [1.807, 2.05) is 25.1 Å². The van der Waals surface area contributed by atoms with Crippen LogP contribution in [-0.2, 0) is 4.79 Å². The molecule has 0 atom stereocenters. The van der Waals surface area contributed by atoms with E-state index in [1.54, 1.807) is 36.4 Å². The van der Waals surface area contributed by atoms with Crippen molar-refractivity contribution >= 4 is 45.7 Å². The monoisotopic (exact) mass is 414 g/mol. The van der Waals surface area contributed by atoms with Crippen molar-refractivity contribution in [2.24, 2.45) is 0 Å². The Kier molecular flexibility index (Phi) is 6.99. The molecule has 0 aliphatic heterocycles. The standard InChI is InChI=1S/C19H18N4O3S2/c1-2-26-15-11-7-6-10-14(15)20-16(24)12-27-19-23-22-18(28-19)21-17(25)13-8-4-3-5-9-13/h3-11H,2,12H2,1H3,(H,20,24)(H,21,22,25). The third kappa shape index (κ3) is 5.54. The van der Waals surface area contributed by atoms with E-state index in [9.17, 15) is 9.59 Å². The minimum Gasteiger partial charge on any atom is -0.492 e. The van der Waals surface area contributed by atoms with E-state index in [2.05, 4.69) is 20.8 Å². The molecule has 0 aliphatic rings. The van der Waals surface area contributed by atoms with Crippen LogP contribution in [0, 0.1) is 0 Å². The molecule has 0 bridgehead atoms. The van der Waals surface area contributed by atoms with Crippen LogP contribution in [0.4, 0.5) is 10.8 Å². The van der Waals surface area contributed by atoms with Crippen LogP contribution in [0.5, 0.6) is 5.75 Å². The number of amides is 2. The van der Waals surface area contributed by atoms with Crippen LogP contribution < -0.4 is 15.4 Å². The normalized spacial score (nSPS) is 10.3. The topological polar surface area (TPSA) is 93.2 Å². The molecule has 0 aliphatic carbocycles. The maximum absolute atomic E-state index is 12.2. The number of carbonyl (C=O) groups is 2. The number of hydrogen-bond donors (Lipinski definition) is 2. The van der Waals surface area contributed by atoms with Crippen LogP contribution >= 0.6 is 23.1 Å². The molecule has 2 N–H and O–H groups in total. The van der Waals surface area contributed by atoms with Gasteiger partial charge >= 0.3 is 0 Å². The van der Waals surface area contributed by atoms with Crippen molar-refractivity contribution in [2.75, 3.05) is 23.0 Å². The minimum atomic E-state index is -0.251. The van der Waals surface area contributed by atoms with E-state index < -0.39 is 0 Å². The van der Waals surface area contributed by atoms with Crippen molar-refractivity contribution in [1.82, 2.24) is 10.2 Å². The first-order valence-corrected chi connectivity index (χ1v) is 10.3. The van der Waals surface area contributed by atoms with Gasteiger partial charge in [0.15, 0.2) is 4.34 Å². The summed E-state index contributed by atoms with van der Waals surface area (Å²) in [7, 11) is 0. The Morgan fingerprint density at radius 1 is 1.04 bits per heavy atom. The van der Waals surface area contributed by atoms with Crippen molar-refractivity contribution in [1.29, 1.82) is 0 Å². The minimum absolute atomic E-state index is 0.168. The van der Waals surface area contributed by atoms with Gasteiger partial charge in [-0.05, 0) is 31.2 Å². The van der Waals surface area contributed by atoms with E-state index in [0.29, 0.717) is 33.1 Å². The highest BCUT2D eigenvalue weighted by molar-refractivity contribution is 8.01. The number of hydrogen-bond acceptors (Lipinski definition) is 7. The van der Waals surface area contributed by atoms with Crippen molar-refractivity contribution in [3.8, 4) is 5.75 Å². The zero-order valence-corrected chi connectivity index (χ0v) is 16.7. The Bertz CT molecular complexity index is 947. The number of aromatic nitrogens is 2. The average Bonchev–Trinajstić information content (AvgIpc) is 3.16. The first-order valence-electron chi connectivity index (χ1n) is 8.50. The van der Waals surface area contributed by atoms with Gasteiger partial charge in [-0.25, -0.2) is 0 Å². The highest BCUT2D eigenvalue weighted by atomic mass is 32.2. The lowest BCUT2D eigenvalue weighted by Crippen LogP contribution is -2.14. The molecular formula is C19H18N4O3S2. The number of para-hydroxylation sites is 2. The van der Waals surface area contributed by atoms with Crippen LogP contribution in [0.1, 0.15) is 17.3 Å². The fourth-order valence-corrected chi connectivity index (χ4v) is 3.79. The maximum atomic E-state index is 12.2. The number of benzene rings is 2. The third-order valence-electron chi connectivity index (χ3n) is 3.45. The Balaban J connectivity index is 1.52. The maximum Gasteiger partial charge on any atom is 0.257 e. The number of rotatable bonds is 8. The first kappa shape index (κ1) is 19.8. The zero-order valence-electron chi connectivity index (χ0n) is 15.0. The summed E-state index contributed by atoms with van der Waals surface area (Å²) >= 11 is 2.47. The van der Waals surface area contributed by atoms with Gasteiger partial charge in [-0.2, -0.15) is 0 Å². The number of thioether (sulfide) groups is 1. The molecule has 0 unspecified atom stereocenters. The molecule has 0 spiro atoms. The van der Waals surface area contributed by atoms with E-state index >= 15 is 0 Å². The molecule has 0 saturated carbocycles. The van der Waals surface area contributed by atoms with Crippen molar-refractivity contribution in [2.45, 2.75) is 11.3 Å². The van der Waals surface area contributed by atoms with Gasteiger partial charge in [-0.1, -0.05) is 53.4 Å². The van der Waals surface area contributed by atoms with Crippen LogP contribution in [0.3, 0.4) is 0 Å². The molecule has 1 heterocycles. The van der Waals surface area contributed by atoms with Gasteiger partial charge in [0.25, 0.3) is 5.91 Å². The highest BCUT2D eigenvalue weighted by Gasteiger charge is 2.12. The SMILES string of the molecule is CCOc1ccccc1NC(=O)CSc1nnc(NC(=O)c2ccccc2)s1. The number of nitrogens with one attached hydrogen (secondary N) is 2. The van der Waals surface area contributed by atoms with Gasteiger partial charge in [0.1, 0.15) is 5.75 Å². The quantitative estimate of drug-likeness (QED) is 0.429. The summed E-state index contributed by atoms with van der Waals surface area (Å²) in [6.45, 7) is 2.40. The van der Waals surface area contributed by atoms with Gasteiger partial charge in [-0.3, -0.25) is 14.9 Å². The summed E-state index contributed by atoms with van der Waals surface area (Å²) < 4.78 is 6.09. The van der Waals surface area contributed by atoms with E-state index in [0.717, 1.165) is 0 Å². The number of carbonyl (C=O) groups excluding carboxylic acids is 2. The zero-order chi connectivity index (χ0) is 19.8. The molecule has 28 heavy (non-hydrogen) atoms. The second-order valence-electron chi connectivity index (χ2n) is 5.46. The largest absolute Gasteiger partial charge is 0.492 e. The van der Waals surface area contributed by atoms with E-state index in [-0.39, 0.29) is 17.6 Å². The molecular weight excluding hydrogens is 396 g/mol. The average molecular weight is 415 g/mol. The van der Waals surface area contributed by atoms with Crippen LogP contribution in [0.2, 0.25) is 0 Å². The fourth-order valence-electron chi connectivity index (χ4n) is 2.24. The lowest BCUT2D eigenvalue weighted by Gasteiger charge is -2.10. The van der Waals surface area contributed by atoms with Gasteiger partial charge in [0.05, 0.1) is 18.0 Å². The molecule has 3 aromatic rings. The lowest BCUT2D eigenvalue weighted by molar-refractivity contribution is -0.113. The molecule has 9 heteroatoms. The third-order valence-corrected chi connectivity index (χ3v) is 5.42. The predicted octanol–water partition coefficient (Wildman–Crippen LogP) is 3.92. The summed E-state index contributed by atoms with van der Waals surface area (Å²) in [4.78, 5) is 24.3. The van der Waals surface area contributed by atoms with Crippen molar-refractivity contribution in [3.63, 3.8) is 0 Å². The Morgan fingerprint density at radius 2 is 1.79 bits per heavy atom. The van der Waals surface area contributed by atoms with Gasteiger partial charge in [-0.15, -0.1) is 10.2 Å². The van der Waals surface area contributed by atoms with Crippen molar-refractivity contribution in [3.05, 3.63) is 60.2 Å². The molecule has 0 fully saturated rings. The summed E-state index contributed by atoms with van der Waals surface area (Å²) in [5.41, 5.74) is 1.17. The molecule has 0 saturated heterocycles. The molecule has 2 aromatic carbocycles. The van der Waals surface area contributed by atoms with Crippen molar-refractivity contribution < 1.29 is 14.3 Å². The molecule has 3 rings (SSSR count). The summed E-state index contributed by atoms with van der Waals surface area (Å²) in [6, 6.07) is 16.1. The van der Waals surface area contributed by atoms with Gasteiger partial charge in [0, 0.05) is 5.56 Å². The number of anilines is 2. The van der Waals surface area contributed by atoms with Crippen LogP contribution in [0.15, 0.2) is 58.9 Å². The summed E-state index contributed by atoms with van der Waals surface area (Å²) in [6.07, 6.45) is 0. The van der Waals surface area contributed by atoms with E-state index in [4.69, 9.17) is 4.74 Å². The highest BCUT2D eigenvalue weighted by Crippen LogP contribution is 2.27. The van der Waals surface area contributed by atoms with E-state index in [1.165, 1.54) is 23.1 Å². The fraction of sp³-hybridized carbons (Fsp3) is 0.158. The van der Waals surface area contributed by atoms with Gasteiger partial charge < -0.3 is 10.1 Å². The predicted molar refractivity (Wildman–Crippen MR) is 111 cm³/mol. The Labute approximate surface area is 170 Å². The number of ether oxygens (including phenoxy) is 1. The molecule has 0 radical (unpaired) electrons. The molecule has 144 valence electrons. The molecule has 1 aromatic heterocycles. The smallest absolute Gasteiger partial charge is 0.257 e. The molecule has 7 nitrogen and oxygen atoms in total. The summed E-state index contributed by atoms with van der Waals surface area (Å²) in [5.74, 6) is 0.368.